The van der Waals surface area contributed by atoms with Crippen LogP contribution in [0.5, 0.6) is 0 Å². The largest absolute Gasteiger partial charge is 0.466 e. The van der Waals surface area contributed by atoms with Gasteiger partial charge in [-0.3, -0.25) is 9.59 Å². The molecule has 0 radical (unpaired) electrons. The Balaban J connectivity index is 2.65. The monoisotopic (exact) mass is 307 g/mol. The van der Waals surface area contributed by atoms with Crippen LogP contribution in [0.15, 0.2) is 24.3 Å². The van der Waals surface area contributed by atoms with Gasteiger partial charge in [0.15, 0.2) is 0 Å². The van der Waals surface area contributed by atoms with Gasteiger partial charge in [-0.15, -0.1) is 0 Å². The molecule has 1 rings (SSSR count). The van der Waals surface area contributed by atoms with Crippen LogP contribution in [-0.4, -0.2) is 38.2 Å². The standard InChI is InChI=1S/C17H25NO4/c1-4-21-16(19)10-12-18(13-11-17(20)22-5-2)15-8-6-14(3)7-9-15/h6-9H,4-5,10-13H2,1-3H3. The zero-order valence-electron chi connectivity index (χ0n) is 13.6. The molecular weight excluding hydrogens is 282 g/mol. The minimum Gasteiger partial charge on any atom is -0.466 e. The summed E-state index contributed by atoms with van der Waals surface area (Å²) in [6, 6.07) is 8.01. The molecule has 0 aliphatic heterocycles. The zero-order valence-corrected chi connectivity index (χ0v) is 13.6. The molecule has 0 unspecified atom stereocenters. The number of carbonyl (C=O) groups is 2. The first-order valence-electron chi connectivity index (χ1n) is 7.69. The van der Waals surface area contributed by atoms with Gasteiger partial charge in [0, 0.05) is 18.8 Å². The van der Waals surface area contributed by atoms with E-state index in [1.807, 2.05) is 36.1 Å². The van der Waals surface area contributed by atoms with Crippen LogP contribution in [0.1, 0.15) is 32.3 Å². The molecule has 0 heterocycles. The molecule has 22 heavy (non-hydrogen) atoms. The minimum atomic E-state index is -0.226. The number of aryl methyl sites for hydroxylation is 1. The van der Waals surface area contributed by atoms with Crippen molar-refractivity contribution in [1.82, 2.24) is 0 Å². The van der Waals surface area contributed by atoms with Crippen molar-refractivity contribution >= 4 is 17.6 Å². The second kappa shape index (κ2) is 9.82. The molecule has 5 heteroatoms. The average molecular weight is 307 g/mol. The Hall–Kier alpha value is -2.04. The highest BCUT2D eigenvalue weighted by molar-refractivity contribution is 5.71. The van der Waals surface area contributed by atoms with Gasteiger partial charge in [-0.05, 0) is 32.9 Å². The van der Waals surface area contributed by atoms with Gasteiger partial charge in [-0.1, -0.05) is 17.7 Å². The topological polar surface area (TPSA) is 55.8 Å². The number of esters is 2. The quantitative estimate of drug-likeness (QED) is 0.657. The van der Waals surface area contributed by atoms with Crippen LogP contribution in [0, 0.1) is 6.92 Å². The Kier molecular flexibility index (Phi) is 8.04. The van der Waals surface area contributed by atoms with Gasteiger partial charge in [0.1, 0.15) is 0 Å². The molecule has 0 N–H and O–H groups in total. The summed E-state index contributed by atoms with van der Waals surface area (Å²) in [5, 5.41) is 0. The Morgan fingerprint density at radius 2 is 1.36 bits per heavy atom. The normalized spacial score (nSPS) is 10.1. The predicted octanol–water partition coefficient (Wildman–Crippen LogP) is 2.71. The van der Waals surface area contributed by atoms with E-state index in [0.29, 0.717) is 39.1 Å². The average Bonchev–Trinajstić information content (AvgIpc) is 2.49. The van der Waals surface area contributed by atoms with E-state index in [4.69, 9.17) is 9.47 Å². The van der Waals surface area contributed by atoms with Gasteiger partial charge in [0.25, 0.3) is 0 Å². The third-order valence-electron chi connectivity index (χ3n) is 3.18. The summed E-state index contributed by atoms with van der Waals surface area (Å²) in [5.74, 6) is -0.452. The van der Waals surface area contributed by atoms with Crippen LogP contribution in [0.25, 0.3) is 0 Å². The summed E-state index contributed by atoms with van der Waals surface area (Å²) >= 11 is 0. The van der Waals surface area contributed by atoms with Crippen LogP contribution in [0.2, 0.25) is 0 Å². The van der Waals surface area contributed by atoms with E-state index < -0.39 is 0 Å². The summed E-state index contributed by atoms with van der Waals surface area (Å²) in [7, 11) is 0. The number of benzene rings is 1. The second-order valence-electron chi connectivity index (χ2n) is 4.93. The summed E-state index contributed by atoms with van der Waals surface area (Å²) < 4.78 is 9.91. The van der Waals surface area contributed by atoms with Gasteiger partial charge in [0.05, 0.1) is 26.1 Å². The number of nitrogens with zero attached hydrogens (tertiary/aromatic N) is 1. The lowest BCUT2D eigenvalue weighted by atomic mass is 10.2. The summed E-state index contributed by atoms with van der Waals surface area (Å²) in [5.41, 5.74) is 2.15. The maximum atomic E-state index is 11.5. The highest BCUT2D eigenvalue weighted by atomic mass is 16.5. The predicted molar refractivity (Wildman–Crippen MR) is 85.9 cm³/mol. The first kappa shape index (κ1) is 18.0. The van der Waals surface area contributed by atoms with E-state index in [1.165, 1.54) is 5.56 Å². The Labute approximate surface area is 132 Å². The summed E-state index contributed by atoms with van der Waals surface area (Å²) in [6.45, 7) is 7.39. The van der Waals surface area contributed by atoms with Crippen molar-refractivity contribution in [3.05, 3.63) is 29.8 Å². The summed E-state index contributed by atoms with van der Waals surface area (Å²) in [6.07, 6.45) is 0.592. The third kappa shape index (κ3) is 6.61. The maximum absolute atomic E-state index is 11.5. The number of carbonyl (C=O) groups excluding carboxylic acids is 2. The number of anilines is 1. The van der Waals surface area contributed by atoms with Gasteiger partial charge >= 0.3 is 11.9 Å². The molecule has 0 aromatic heterocycles. The Morgan fingerprint density at radius 3 is 1.77 bits per heavy atom. The number of hydrogen-bond donors (Lipinski definition) is 0. The number of ether oxygens (including phenoxy) is 2. The second-order valence-corrected chi connectivity index (χ2v) is 4.93. The van der Waals surface area contributed by atoms with E-state index in [9.17, 15) is 9.59 Å². The van der Waals surface area contributed by atoms with E-state index in [2.05, 4.69) is 0 Å². The molecular formula is C17H25NO4. The fourth-order valence-electron chi connectivity index (χ4n) is 2.04. The van der Waals surface area contributed by atoms with E-state index >= 15 is 0 Å². The molecule has 0 bridgehead atoms. The molecule has 0 aliphatic carbocycles. The highest BCUT2D eigenvalue weighted by Gasteiger charge is 2.12. The Bertz CT molecular complexity index is 448. The van der Waals surface area contributed by atoms with Crippen molar-refractivity contribution in [2.75, 3.05) is 31.2 Å². The molecule has 1 aromatic carbocycles. The van der Waals surface area contributed by atoms with Crippen molar-refractivity contribution in [2.24, 2.45) is 0 Å². The lowest BCUT2D eigenvalue weighted by Crippen LogP contribution is -2.29. The van der Waals surface area contributed by atoms with Crippen molar-refractivity contribution in [3.63, 3.8) is 0 Å². The number of rotatable bonds is 9. The lowest BCUT2D eigenvalue weighted by molar-refractivity contribution is -0.143. The highest BCUT2D eigenvalue weighted by Crippen LogP contribution is 2.16. The first-order chi connectivity index (χ1) is 10.6. The van der Waals surface area contributed by atoms with Gasteiger partial charge in [0.2, 0.25) is 0 Å². The van der Waals surface area contributed by atoms with E-state index in [0.717, 1.165) is 5.69 Å². The molecule has 0 fully saturated rings. The van der Waals surface area contributed by atoms with Crippen LogP contribution >= 0.6 is 0 Å². The minimum absolute atomic E-state index is 0.226. The molecule has 0 spiro atoms. The molecule has 122 valence electrons. The van der Waals surface area contributed by atoms with Crippen molar-refractivity contribution in [1.29, 1.82) is 0 Å². The Morgan fingerprint density at radius 1 is 0.909 bits per heavy atom. The third-order valence-corrected chi connectivity index (χ3v) is 3.18. The van der Waals surface area contributed by atoms with Crippen LogP contribution in [0.4, 0.5) is 5.69 Å². The molecule has 0 amide bonds. The maximum Gasteiger partial charge on any atom is 0.307 e. The number of hydrogen-bond acceptors (Lipinski definition) is 5. The van der Waals surface area contributed by atoms with E-state index in [-0.39, 0.29) is 11.9 Å². The van der Waals surface area contributed by atoms with E-state index in [1.54, 1.807) is 13.8 Å². The van der Waals surface area contributed by atoms with Crippen molar-refractivity contribution in [2.45, 2.75) is 33.6 Å². The fraction of sp³-hybridized carbons (Fsp3) is 0.529. The van der Waals surface area contributed by atoms with Crippen LogP contribution < -0.4 is 4.90 Å². The fourth-order valence-corrected chi connectivity index (χ4v) is 2.04. The van der Waals surface area contributed by atoms with Crippen LogP contribution in [-0.2, 0) is 19.1 Å². The molecule has 1 aromatic rings. The molecule has 0 saturated heterocycles. The van der Waals surface area contributed by atoms with Gasteiger partial charge in [-0.2, -0.15) is 0 Å². The van der Waals surface area contributed by atoms with Crippen molar-refractivity contribution in [3.8, 4) is 0 Å². The molecule has 0 saturated carbocycles. The smallest absolute Gasteiger partial charge is 0.307 e. The summed E-state index contributed by atoms with van der Waals surface area (Å²) in [4.78, 5) is 25.1. The first-order valence-corrected chi connectivity index (χ1v) is 7.69. The zero-order chi connectivity index (χ0) is 16.4. The van der Waals surface area contributed by atoms with Crippen LogP contribution in [0.3, 0.4) is 0 Å². The lowest BCUT2D eigenvalue weighted by Gasteiger charge is -2.24. The SMILES string of the molecule is CCOC(=O)CCN(CCC(=O)OCC)c1ccc(C)cc1. The van der Waals surface area contributed by atoms with Crippen molar-refractivity contribution < 1.29 is 19.1 Å². The van der Waals surface area contributed by atoms with Gasteiger partial charge < -0.3 is 14.4 Å². The molecule has 5 nitrogen and oxygen atoms in total. The molecule has 0 atom stereocenters. The van der Waals surface area contributed by atoms with Gasteiger partial charge in [-0.25, -0.2) is 0 Å². The molecule has 0 aliphatic rings.